The SMILES string of the molecule is COc1ccc(-c2cc(C3CCCCCN3Cc3cn(C)nc3C)no2)cc1. The second-order valence-electron chi connectivity index (χ2n) is 7.59. The third kappa shape index (κ3) is 3.97. The first-order valence-corrected chi connectivity index (χ1v) is 9.98. The number of aryl methyl sites for hydroxylation is 2. The fourth-order valence-corrected chi connectivity index (χ4v) is 4.05. The summed E-state index contributed by atoms with van der Waals surface area (Å²) in [6.45, 7) is 4.05. The normalized spacial score (nSPS) is 18.2. The zero-order valence-corrected chi connectivity index (χ0v) is 16.9. The van der Waals surface area contributed by atoms with E-state index in [1.807, 2.05) is 36.0 Å². The maximum absolute atomic E-state index is 5.71. The summed E-state index contributed by atoms with van der Waals surface area (Å²) < 4.78 is 12.9. The van der Waals surface area contributed by atoms with Gasteiger partial charge in [-0.15, -0.1) is 0 Å². The van der Waals surface area contributed by atoms with Gasteiger partial charge in [0, 0.05) is 37.0 Å². The van der Waals surface area contributed by atoms with Crippen molar-refractivity contribution in [3.8, 4) is 17.1 Å². The number of hydrogen-bond donors (Lipinski definition) is 0. The van der Waals surface area contributed by atoms with Crippen LogP contribution in [0.15, 0.2) is 41.1 Å². The number of aromatic nitrogens is 3. The van der Waals surface area contributed by atoms with Crippen molar-refractivity contribution < 1.29 is 9.26 Å². The Kier molecular flexibility index (Phi) is 5.48. The molecule has 1 aliphatic rings. The van der Waals surface area contributed by atoms with E-state index in [4.69, 9.17) is 9.26 Å². The summed E-state index contributed by atoms with van der Waals surface area (Å²) in [4.78, 5) is 2.53. The number of benzene rings is 1. The molecule has 0 bridgehead atoms. The molecule has 0 amide bonds. The van der Waals surface area contributed by atoms with E-state index in [0.29, 0.717) is 0 Å². The van der Waals surface area contributed by atoms with E-state index in [0.717, 1.165) is 48.0 Å². The second kappa shape index (κ2) is 8.19. The summed E-state index contributed by atoms with van der Waals surface area (Å²) in [5, 5.41) is 8.95. The minimum atomic E-state index is 0.276. The number of nitrogens with zero attached hydrogens (tertiary/aromatic N) is 4. The van der Waals surface area contributed by atoms with Crippen LogP contribution in [-0.2, 0) is 13.6 Å². The first-order chi connectivity index (χ1) is 13.6. The van der Waals surface area contributed by atoms with Crippen LogP contribution in [0.25, 0.3) is 11.3 Å². The smallest absolute Gasteiger partial charge is 0.167 e. The number of rotatable bonds is 5. The fourth-order valence-electron chi connectivity index (χ4n) is 4.05. The maximum atomic E-state index is 5.71. The Labute approximate surface area is 166 Å². The van der Waals surface area contributed by atoms with Crippen molar-refractivity contribution in [2.75, 3.05) is 13.7 Å². The highest BCUT2D eigenvalue weighted by atomic mass is 16.5. The quantitative estimate of drug-likeness (QED) is 0.652. The van der Waals surface area contributed by atoms with Gasteiger partial charge < -0.3 is 9.26 Å². The Morgan fingerprint density at radius 2 is 2.00 bits per heavy atom. The molecule has 6 nitrogen and oxygen atoms in total. The highest BCUT2D eigenvalue weighted by molar-refractivity contribution is 5.58. The molecule has 1 aromatic carbocycles. The second-order valence-corrected chi connectivity index (χ2v) is 7.59. The van der Waals surface area contributed by atoms with E-state index in [1.165, 1.54) is 24.8 Å². The van der Waals surface area contributed by atoms with Crippen LogP contribution in [0.4, 0.5) is 0 Å². The Hall–Kier alpha value is -2.60. The summed E-state index contributed by atoms with van der Waals surface area (Å²) in [6, 6.07) is 10.3. The topological polar surface area (TPSA) is 56.3 Å². The van der Waals surface area contributed by atoms with Gasteiger partial charge in [0.1, 0.15) is 11.4 Å². The Bertz CT molecular complexity index is 913. The summed E-state index contributed by atoms with van der Waals surface area (Å²) in [5.74, 6) is 1.64. The van der Waals surface area contributed by atoms with Gasteiger partial charge in [-0.1, -0.05) is 18.0 Å². The van der Waals surface area contributed by atoms with Gasteiger partial charge in [0.05, 0.1) is 18.8 Å². The molecule has 0 saturated carbocycles. The summed E-state index contributed by atoms with van der Waals surface area (Å²) >= 11 is 0. The van der Waals surface area contributed by atoms with Crippen LogP contribution in [0, 0.1) is 6.92 Å². The van der Waals surface area contributed by atoms with Crippen molar-refractivity contribution in [2.45, 2.75) is 45.2 Å². The molecule has 0 N–H and O–H groups in total. The van der Waals surface area contributed by atoms with E-state index in [2.05, 4.69) is 34.3 Å². The highest BCUT2D eigenvalue weighted by Gasteiger charge is 2.26. The predicted octanol–water partition coefficient (Wildman–Crippen LogP) is 4.51. The first-order valence-electron chi connectivity index (χ1n) is 9.98. The standard InChI is InChI=1S/C22H28N4O2/c1-16-18(14-25(2)23-16)15-26-12-6-4-5-7-21(26)20-13-22(28-24-20)17-8-10-19(27-3)11-9-17/h8-11,13-14,21H,4-7,12,15H2,1-3H3. The largest absolute Gasteiger partial charge is 0.497 e. The van der Waals surface area contributed by atoms with Crippen LogP contribution in [0.2, 0.25) is 0 Å². The molecule has 3 aromatic rings. The van der Waals surface area contributed by atoms with Gasteiger partial charge in [-0.25, -0.2) is 0 Å². The summed E-state index contributed by atoms with van der Waals surface area (Å²) in [6.07, 6.45) is 6.94. The molecule has 0 aliphatic carbocycles. The van der Waals surface area contributed by atoms with Crippen molar-refractivity contribution in [3.63, 3.8) is 0 Å². The van der Waals surface area contributed by atoms with Crippen LogP contribution in [-0.4, -0.2) is 33.5 Å². The minimum Gasteiger partial charge on any atom is -0.497 e. The number of hydrogen-bond acceptors (Lipinski definition) is 5. The summed E-state index contributed by atoms with van der Waals surface area (Å²) in [5.41, 5.74) is 4.43. The minimum absolute atomic E-state index is 0.276. The zero-order valence-electron chi connectivity index (χ0n) is 16.9. The lowest BCUT2D eigenvalue weighted by Gasteiger charge is -2.28. The van der Waals surface area contributed by atoms with Crippen molar-refractivity contribution in [1.29, 1.82) is 0 Å². The van der Waals surface area contributed by atoms with Gasteiger partial charge in [0.25, 0.3) is 0 Å². The average molecular weight is 380 g/mol. The van der Waals surface area contributed by atoms with Crippen LogP contribution < -0.4 is 4.74 Å². The molecule has 0 spiro atoms. The number of likely N-dealkylation sites (tertiary alicyclic amines) is 1. The van der Waals surface area contributed by atoms with Gasteiger partial charge in [0.15, 0.2) is 5.76 Å². The summed E-state index contributed by atoms with van der Waals surface area (Å²) in [7, 11) is 3.65. The Morgan fingerprint density at radius 3 is 2.71 bits per heavy atom. The van der Waals surface area contributed by atoms with Gasteiger partial charge in [-0.05, 0) is 50.6 Å². The van der Waals surface area contributed by atoms with Gasteiger partial charge in [0.2, 0.25) is 0 Å². The molecule has 1 atom stereocenters. The highest BCUT2D eigenvalue weighted by Crippen LogP contribution is 2.33. The van der Waals surface area contributed by atoms with Crippen LogP contribution in [0.1, 0.15) is 48.7 Å². The molecule has 28 heavy (non-hydrogen) atoms. The van der Waals surface area contributed by atoms with Crippen LogP contribution >= 0.6 is 0 Å². The van der Waals surface area contributed by atoms with E-state index in [1.54, 1.807) is 7.11 Å². The number of ether oxygens (including phenoxy) is 1. The molecule has 6 heteroatoms. The fraction of sp³-hybridized carbons (Fsp3) is 0.455. The third-order valence-electron chi connectivity index (χ3n) is 5.60. The van der Waals surface area contributed by atoms with E-state index < -0.39 is 0 Å². The molecule has 1 fully saturated rings. The predicted molar refractivity (Wildman–Crippen MR) is 108 cm³/mol. The lowest BCUT2D eigenvalue weighted by atomic mass is 10.0. The van der Waals surface area contributed by atoms with Crippen molar-refractivity contribution in [1.82, 2.24) is 19.8 Å². The van der Waals surface area contributed by atoms with Crippen LogP contribution in [0.5, 0.6) is 5.75 Å². The molecule has 1 aliphatic heterocycles. The molecule has 148 valence electrons. The lowest BCUT2D eigenvalue weighted by Crippen LogP contribution is -2.28. The molecule has 1 unspecified atom stereocenters. The van der Waals surface area contributed by atoms with Gasteiger partial charge in [-0.3, -0.25) is 9.58 Å². The molecule has 3 heterocycles. The van der Waals surface area contributed by atoms with E-state index >= 15 is 0 Å². The lowest BCUT2D eigenvalue weighted by molar-refractivity contribution is 0.183. The van der Waals surface area contributed by atoms with E-state index in [9.17, 15) is 0 Å². The van der Waals surface area contributed by atoms with Crippen molar-refractivity contribution >= 4 is 0 Å². The van der Waals surface area contributed by atoms with E-state index in [-0.39, 0.29) is 6.04 Å². The van der Waals surface area contributed by atoms with Crippen molar-refractivity contribution in [3.05, 3.63) is 53.5 Å². The maximum Gasteiger partial charge on any atom is 0.167 e. The molecular weight excluding hydrogens is 352 g/mol. The number of methoxy groups -OCH3 is 1. The zero-order chi connectivity index (χ0) is 19.5. The Morgan fingerprint density at radius 1 is 1.18 bits per heavy atom. The molecular formula is C22H28N4O2. The molecule has 2 aromatic heterocycles. The third-order valence-corrected chi connectivity index (χ3v) is 5.60. The Balaban J connectivity index is 1.57. The first kappa shape index (κ1) is 18.7. The van der Waals surface area contributed by atoms with Crippen LogP contribution in [0.3, 0.4) is 0 Å². The molecule has 1 saturated heterocycles. The average Bonchev–Trinajstić information content (AvgIpc) is 3.23. The van der Waals surface area contributed by atoms with Crippen molar-refractivity contribution in [2.24, 2.45) is 7.05 Å². The molecule has 0 radical (unpaired) electrons. The van der Waals surface area contributed by atoms with Gasteiger partial charge in [-0.2, -0.15) is 5.10 Å². The molecule has 4 rings (SSSR count). The monoisotopic (exact) mass is 380 g/mol. The van der Waals surface area contributed by atoms with Gasteiger partial charge >= 0.3 is 0 Å².